The molecule has 1 unspecified atom stereocenters. The van der Waals surface area contributed by atoms with Gasteiger partial charge in [-0.25, -0.2) is 14.5 Å². The van der Waals surface area contributed by atoms with Crippen LogP contribution >= 0.6 is 0 Å². The van der Waals surface area contributed by atoms with E-state index in [0.717, 1.165) is 47.0 Å². The van der Waals surface area contributed by atoms with E-state index >= 15 is 0 Å². The van der Waals surface area contributed by atoms with Gasteiger partial charge in [0.1, 0.15) is 17.5 Å². The summed E-state index contributed by atoms with van der Waals surface area (Å²) in [5.41, 5.74) is -1.32. The van der Waals surface area contributed by atoms with E-state index in [4.69, 9.17) is 4.74 Å². The monoisotopic (exact) mass is 586 g/mol. The summed E-state index contributed by atoms with van der Waals surface area (Å²) >= 11 is 0. The molecule has 2 heterocycles. The second-order valence-corrected chi connectivity index (χ2v) is 9.56. The number of carbonyl (C=O) groups is 1. The van der Waals surface area contributed by atoms with Crippen LogP contribution in [0.5, 0.6) is 0 Å². The first kappa shape index (κ1) is 28.9. The van der Waals surface area contributed by atoms with E-state index < -0.39 is 34.8 Å². The number of halogens is 3. The highest BCUT2D eigenvalue weighted by Gasteiger charge is 2.60. The van der Waals surface area contributed by atoms with Gasteiger partial charge in [0.15, 0.2) is 0 Å². The molecule has 0 saturated carbocycles. The first-order chi connectivity index (χ1) is 20.5. The van der Waals surface area contributed by atoms with E-state index in [1.807, 2.05) is 36.4 Å². The molecule has 0 aliphatic heterocycles. The van der Waals surface area contributed by atoms with Gasteiger partial charge in [0.25, 0.3) is 11.3 Å². The number of nitrogens with zero attached hydrogens (tertiary/aromatic N) is 6. The van der Waals surface area contributed by atoms with Gasteiger partial charge < -0.3 is 4.74 Å². The summed E-state index contributed by atoms with van der Waals surface area (Å²) in [6.45, 7) is 1.21. The topological polar surface area (TPSA) is 137 Å². The number of fused-ring (bicyclic) bond motifs is 1. The SMILES string of the molecule is CCC(OC(=O)c1ccc([N+](=O)[O-])cc1)(c1cn(Cc2ccc3c(-c4ccccc4)cc(C#N)nc3c2)nn1)C(F)(F)F. The first-order valence-electron chi connectivity index (χ1n) is 12.9. The van der Waals surface area contributed by atoms with Crippen molar-refractivity contribution in [2.45, 2.75) is 31.7 Å². The van der Waals surface area contributed by atoms with Gasteiger partial charge in [0, 0.05) is 17.5 Å². The summed E-state index contributed by atoms with van der Waals surface area (Å²) in [7, 11) is 0. The molecule has 216 valence electrons. The molecular formula is C30H21F3N6O4. The number of carbonyl (C=O) groups excluding carboxylic acids is 1. The van der Waals surface area contributed by atoms with Crippen molar-refractivity contribution in [1.29, 1.82) is 5.26 Å². The summed E-state index contributed by atoms with van der Waals surface area (Å²) in [6, 6.07) is 22.5. The number of hydrogen-bond acceptors (Lipinski definition) is 8. The van der Waals surface area contributed by atoms with Crippen molar-refractivity contribution >= 4 is 22.6 Å². The van der Waals surface area contributed by atoms with E-state index in [1.165, 1.54) is 11.6 Å². The number of rotatable bonds is 8. The molecule has 0 N–H and O–H groups in total. The van der Waals surface area contributed by atoms with Gasteiger partial charge in [-0.05, 0) is 47.4 Å². The van der Waals surface area contributed by atoms with Crippen molar-refractivity contribution in [2.24, 2.45) is 0 Å². The molecule has 13 heteroatoms. The fourth-order valence-electron chi connectivity index (χ4n) is 4.68. The van der Waals surface area contributed by atoms with Crippen molar-refractivity contribution < 1.29 is 27.6 Å². The number of alkyl halides is 3. The molecular weight excluding hydrogens is 565 g/mol. The van der Waals surface area contributed by atoms with E-state index in [-0.39, 0.29) is 23.5 Å². The predicted octanol–water partition coefficient (Wildman–Crippen LogP) is 6.35. The van der Waals surface area contributed by atoms with Crippen LogP contribution in [0, 0.1) is 21.4 Å². The number of benzene rings is 3. The molecule has 0 amide bonds. The molecule has 1 atom stereocenters. The lowest BCUT2D eigenvalue weighted by Crippen LogP contribution is -2.46. The molecule has 2 aromatic heterocycles. The molecule has 3 aromatic carbocycles. The highest BCUT2D eigenvalue weighted by Crippen LogP contribution is 2.44. The third-order valence-corrected chi connectivity index (χ3v) is 6.91. The zero-order valence-electron chi connectivity index (χ0n) is 22.4. The number of hydrogen-bond donors (Lipinski definition) is 0. The normalized spacial score (nSPS) is 12.8. The molecule has 10 nitrogen and oxygen atoms in total. The Morgan fingerprint density at radius 2 is 1.79 bits per heavy atom. The maximum atomic E-state index is 14.5. The third kappa shape index (κ3) is 5.62. The number of nitriles is 1. The Bertz CT molecular complexity index is 1870. The predicted molar refractivity (Wildman–Crippen MR) is 148 cm³/mol. The molecule has 0 bridgehead atoms. The maximum absolute atomic E-state index is 14.5. The lowest BCUT2D eigenvalue weighted by Gasteiger charge is -2.32. The fourth-order valence-corrected chi connectivity index (χ4v) is 4.68. The Kier molecular flexibility index (Phi) is 7.60. The number of non-ortho nitro benzene ring substituents is 1. The van der Waals surface area contributed by atoms with Gasteiger partial charge >= 0.3 is 12.1 Å². The Morgan fingerprint density at radius 3 is 2.42 bits per heavy atom. The van der Waals surface area contributed by atoms with Crippen molar-refractivity contribution in [1.82, 2.24) is 20.0 Å². The van der Waals surface area contributed by atoms with Crippen molar-refractivity contribution in [2.75, 3.05) is 0 Å². The molecule has 0 radical (unpaired) electrons. The van der Waals surface area contributed by atoms with Gasteiger partial charge in [-0.2, -0.15) is 18.4 Å². The maximum Gasteiger partial charge on any atom is 0.434 e. The largest absolute Gasteiger partial charge is 0.439 e. The quantitative estimate of drug-likeness (QED) is 0.117. The van der Waals surface area contributed by atoms with Crippen LogP contribution in [-0.4, -0.2) is 37.0 Å². The third-order valence-electron chi connectivity index (χ3n) is 6.91. The number of pyridine rings is 1. The first-order valence-corrected chi connectivity index (χ1v) is 12.9. The van der Waals surface area contributed by atoms with Crippen LogP contribution in [0.3, 0.4) is 0 Å². The van der Waals surface area contributed by atoms with Gasteiger partial charge in [-0.15, -0.1) is 5.10 Å². The van der Waals surface area contributed by atoms with Crippen LogP contribution in [0.2, 0.25) is 0 Å². The fraction of sp³-hybridized carbons (Fsp3) is 0.167. The van der Waals surface area contributed by atoms with Gasteiger partial charge in [0.05, 0.1) is 28.7 Å². The molecule has 5 aromatic rings. The van der Waals surface area contributed by atoms with Crippen LogP contribution in [-0.2, 0) is 16.9 Å². The Hall–Kier alpha value is -5.64. The molecule has 0 fully saturated rings. The number of aromatic nitrogens is 4. The van der Waals surface area contributed by atoms with Crippen molar-refractivity contribution in [3.63, 3.8) is 0 Å². The van der Waals surface area contributed by atoms with Crippen LogP contribution in [0.4, 0.5) is 18.9 Å². The van der Waals surface area contributed by atoms with Gasteiger partial charge in [-0.3, -0.25) is 10.1 Å². The number of nitro groups is 1. The zero-order chi connectivity index (χ0) is 30.8. The summed E-state index contributed by atoms with van der Waals surface area (Å²) in [4.78, 5) is 27.3. The number of ether oxygens (including phenoxy) is 1. The molecule has 5 rings (SSSR count). The molecule has 0 aliphatic rings. The summed E-state index contributed by atoms with van der Waals surface area (Å²) < 4.78 is 49.7. The minimum Gasteiger partial charge on any atom is -0.439 e. The average Bonchev–Trinajstić information content (AvgIpc) is 3.47. The zero-order valence-corrected chi connectivity index (χ0v) is 22.4. The Labute approximate surface area is 242 Å². The minimum atomic E-state index is -5.06. The molecule has 43 heavy (non-hydrogen) atoms. The summed E-state index contributed by atoms with van der Waals surface area (Å²) in [5.74, 6) is -1.33. The molecule has 0 spiro atoms. The van der Waals surface area contributed by atoms with Gasteiger partial charge in [0.2, 0.25) is 0 Å². The highest BCUT2D eigenvalue weighted by atomic mass is 19.4. The van der Waals surface area contributed by atoms with E-state index in [1.54, 1.807) is 18.2 Å². The Morgan fingerprint density at radius 1 is 1.07 bits per heavy atom. The molecule has 0 saturated heterocycles. The number of esters is 1. The Balaban J connectivity index is 1.45. The second-order valence-electron chi connectivity index (χ2n) is 9.56. The van der Waals surface area contributed by atoms with E-state index in [0.29, 0.717) is 11.1 Å². The summed E-state index contributed by atoms with van der Waals surface area (Å²) in [5, 5.41) is 28.8. The molecule has 0 aliphatic carbocycles. The smallest absolute Gasteiger partial charge is 0.434 e. The number of nitro benzene ring substituents is 1. The standard InChI is InChI=1S/C30H21F3N6O4/c1-2-29(30(31,32)33,43-28(40)21-9-11-23(12-10-21)39(41)42)27-18-38(37-36-27)17-19-8-13-24-25(20-6-4-3-5-7-20)15-22(16-34)35-26(24)14-19/h3-15,18H,2,17H2,1H3. The van der Waals surface area contributed by atoms with Crippen molar-refractivity contribution in [3.05, 3.63) is 118 Å². The van der Waals surface area contributed by atoms with Crippen LogP contribution in [0.25, 0.3) is 22.0 Å². The summed E-state index contributed by atoms with van der Waals surface area (Å²) in [6.07, 6.45) is -4.71. The van der Waals surface area contributed by atoms with Crippen LogP contribution in [0.1, 0.15) is 40.7 Å². The van der Waals surface area contributed by atoms with Crippen molar-refractivity contribution in [3.8, 4) is 17.2 Å². The van der Waals surface area contributed by atoms with Crippen LogP contribution < -0.4 is 0 Å². The highest BCUT2D eigenvalue weighted by molar-refractivity contribution is 5.95. The lowest BCUT2D eigenvalue weighted by molar-refractivity contribution is -0.384. The average molecular weight is 587 g/mol. The van der Waals surface area contributed by atoms with Gasteiger partial charge in [-0.1, -0.05) is 54.6 Å². The van der Waals surface area contributed by atoms with E-state index in [9.17, 15) is 33.3 Å². The second kappa shape index (κ2) is 11.3. The van der Waals surface area contributed by atoms with Crippen LogP contribution in [0.15, 0.2) is 85.1 Å². The lowest BCUT2D eigenvalue weighted by atomic mass is 9.95. The van der Waals surface area contributed by atoms with E-state index in [2.05, 4.69) is 21.4 Å². The minimum absolute atomic E-state index is 0.00994.